The van der Waals surface area contributed by atoms with Gasteiger partial charge in [0.25, 0.3) is 5.56 Å². The minimum atomic E-state index is -3.59. The minimum Gasteiger partial charge on any atom is -0.489 e. The van der Waals surface area contributed by atoms with Gasteiger partial charge in [0.2, 0.25) is 10.0 Å². The molecule has 0 atom stereocenters. The number of anilines is 1. The molecule has 196 valence electrons. The second-order valence-electron chi connectivity index (χ2n) is 9.65. The number of hydrogen-bond donors (Lipinski definition) is 2. The summed E-state index contributed by atoms with van der Waals surface area (Å²) in [6.07, 6.45) is 3.21. The van der Waals surface area contributed by atoms with Gasteiger partial charge in [0.05, 0.1) is 11.9 Å². The van der Waals surface area contributed by atoms with Crippen LogP contribution >= 0.6 is 0 Å². The molecule has 2 N–H and O–H groups in total. The topological polar surface area (TPSA) is 98.7 Å². The van der Waals surface area contributed by atoms with E-state index in [0.717, 1.165) is 32.0 Å². The number of nitrogens with zero attached hydrogens (tertiary/aromatic N) is 1. The fourth-order valence-corrected chi connectivity index (χ4v) is 5.30. The number of hydrogen-bond acceptors (Lipinski definition) is 6. The van der Waals surface area contributed by atoms with E-state index < -0.39 is 21.7 Å². The Labute approximate surface area is 213 Å². The van der Waals surface area contributed by atoms with Crippen molar-refractivity contribution in [3.05, 3.63) is 70.6 Å². The van der Waals surface area contributed by atoms with Gasteiger partial charge < -0.3 is 19.4 Å². The molecule has 11 heteroatoms. The van der Waals surface area contributed by atoms with Crippen LogP contribution < -0.4 is 25.1 Å². The van der Waals surface area contributed by atoms with E-state index in [1.807, 2.05) is 0 Å². The van der Waals surface area contributed by atoms with Gasteiger partial charge in [-0.1, -0.05) is 0 Å². The van der Waals surface area contributed by atoms with Gasteiger partial charge in [0.1, 0.15) is 17.3 Å². The van der Waals surface area contributed by atoms with Crippen molar-refractivity contribution in [2.75, 3.05) is 23.6 Å². The van der Waals surface area contributed by atoms with Crippen molar-refractivity contribution >= 4 is 15.7 Å². The lowest BCUT2D eigenvalue weighted by Gasteiger charge is -2.53. The smallest absolute Gasteiger partial charge is 0.254 e. The molecule has 5 rings (SSSR count). The van der Waals surface area contributed by atoms with Crippen molar-refractivity contribution in [1.82, 2.24) is 9.88 Å². The molecule has 8 nitrogen and oxygen atoms in total. The number of aryl methyl sites for hydroxylation is 1. The molecule has 1 saturated carbocycles. The molecule has 1 aliphatic carbocycles. The summed E-state index contributed by atoms with van der Waals surface area (Å²) >= 11 is 0. The maximum absolute atomic E-state index is 14.4. The molecule has 0 unspecified atom stereocenters. The van der Waals surface area contributed by atoms with E-state index in [1.54, 1.807) is 13.2 Å². The first-order valence-electron chi connectivity index (χ1n) is 11.9. The molecule has 0 amide bonds. The summed E-state index contributed by atoms with van der Waals surface area (Å²) < 4.78 is 68.2. The number of aromatic nitrogens is 1. The summed E-state index contributed by atoms with van der Waals surface area (Å²) in [7, 11) is -2.01. The van der Waals surface area contributed by atoms with Crippen molar-refractivity contribution in [3.8, 4) is 28.4 Å². The van der Waals surface area contributed by atoms with Crippen LogP contribution in [0, 0.1) is 17.0 Å². The zero-order valence-corrected chi connectivity index (χ0v) is 21.2. The van der Waals surface area contributed by atoms with Gasteiger partial charge in [0.15, 0.2) is 11.6 Å². The van der Waals surface area contributed by atoms with Crippen molar-refractivity contribution in [3.63, 3.8) is 0 Å². The highest BCUT2D eigenvalue weighted by atomic mass is 32.2. The van der Waals surface area contributed by atoms with Crippen LogP contribution in [0.3, 0.4) is 0 Å². The summed E-state index contributed by atoms with van der Waals surface area (Å²) in [6.45, 7) is 3.40. The van der Waals surface area contributed by atoms with Crippen LogP contribution in [-0.4, -0.2) is 37.9 Å². The van der Waals surface area contributed by atoms with E-state index >= 15 is 0 Å². The monoisotopic (exact) mass is 531 g/mol. The third-order valence-corrected chi connectivity index (χ3v) is 8.15. The van der Waals surface area contributed by atoms with E-state index in [4.69, 9.17) is 9.47 Å². The van der Waals surface area contributed by atoms with Crippen LogP contribution in [-0.2, 0) is 17.1 Å². The standard InChI is InChI=1S/C26H27F2N3O5S/c1-3-37(33,34)30-17-5-7-22(36-23-6-4-16(27)8-21(23)28)19(9-17)20-13-31(2)25(32)10-24(20)35-18-11-26(12-18)14-29-15-26/h4-10,13,18,29-30H,3,11-12,14-15H2,1-2H3. The minimum absolute atomic E-state index is 0.0753. The van der Waals surface area contributed by atoms with Gasteiger partial charge in [-0.2, -0.15) is 0 Å². The Morgan fingerprint density at radius 2 is 1.78 bits per heavy atom. The SMILES string of the molecule is CCS(=O)(=O)Nc1ccc(Oc2ccc(F)cc2F)c(-c2cn(C)c(=O)cc2OC2CC3(CNC3)C2)c1. The molecule has 1 spiro atoms. The molecule has 0 bridgehead atoms. The van der Waals surface area contributed by atoms with E-state index in [1.165, 1.54) is 41.8 Å². The summed E-state index contributed by atoms with van der Waals surface area (Å²) in [5, 5.41) is 3.27. The molecule has 1 aliphatic heterocycles. The Morgan fingerprint density at radius 1 is 1.05 bits per heavy atom. The number of ether oxygens (including phenoxy) is 2. The zero-order chi connectivity index (χ0) is 26.4. The van der Waals surface area contributed by atoms with E-state index in [9.17, 15) is 22.0 Å². The van der Waals surface area contributed by atoms with Crippen molar-refractivity contribution in [1.29, 1.82) is 0 Å². The van der Waals surface area contributed by atoms with E-state index in [-0.39, 0.29) is 40.0 Å². The number of nitrogens with one attached hydrogen (secondary N) is 2. The Bertz CT molecular complexity index is 1510. The summed E-state index contributed by atoms with van der Waals surface area (Å²) in [5.74, 6) is -1.50. The average molecular weight is 532 g/mol. The number of rotatable bonds is 8. The van der Waals surface area contributed by atoms with E-state index in [0.29, 0.717) is 22.9 Å². The Balaban J connectivity index is 1.58. The van der Waals surface area contributed by atoms with Crippen LogP contribution in [0.2, 0.25) is 0 Å². The van der Waals surface area contributed by atoms with Gasteiger partial charge in [-0.15, -0.1) is 0 Å². The lowest BCUT2D eigenvalue weighted by molar-refractivity contribution is -0.0493. The predicted molar refractivity (Wildman–Crippen MR) is 136 cm³/mol. The van der Waals surface area contributed by atoms with Crippen LogP contribution in [0.25, 0.3) is 11.1 Å². The highest BCUT2D eigenvalue weighted by Gasteiger charge is 2.49. The molecule has 2 fully saturated rings. The maximum atomic E-state index is 14.4. The van der Waals surface area contributed by atoms with Crippen LogP contribution in [0.5, 0.6) is 17.2 Å². The first-order valence-corrected chi connectivity index (χ1v) is 13.6. The lowest BCUT2D eigenvalue weighted by Crippen LogP contribution is -2.62. The molecular weight excluding hydrogens is 504 g/mol. The Kier molecular flexibility index (Phi) is 6.45. The third-order valence-electron chi connectivity index (χ3n) is 6.84. The second-order valence-corrected chi connectivity index (χ2v) is 11.7. The van der Waals surface area contributed by atoms with Gasteiger partial charge in [0, 0.05) is 60.7 Å². The van der Waals surface area contributed by atoms with Crippen LogP contribution in [0.15, 0.2) is 53.5 Å². The molecular formula is C26H27F2N3O5S. The zero-order valence-electron chi connectivity index (χ0n) is 20.4. The average Bonchev–Trinajstić information content (AvgIpc) is 2.79. The van der Waals surface area contributed by atoms with Gasteiger partial charge in [-0.25, -0.2) is 17.2 Å². The van der Waals surface area contributed by atoms with Crippen LogP contribution in [0.1, 0.15) is 19.8 Å². The lowest BCUT2D eigenvalue weighted by atomic mass is 9.63. The Morgan fingerprint density at radius 3 is 2.43 bits per heavy atom. The summed E-state index contributed by atoms with van der Waals surface area (Å²) in [4.78, 5) is 12.5. The molecule has 1 saturated heterocycles. The number of pyridine rings is 1. The predicted octanol–water partition coefficient (Wildman–Crippen LogP) is 4.02. The highest BCUT2D eigenvalue weighted by Crippen LogP contribution is 2.47. The largest absolute Gasteiger partial charge is 0.489 e. The van der Waals surface area contributed by atoms with Gasteiger partial charge >= 0.3 is 0 Å². The highest BCUT2D eigenvalue weighted by molar-refractivity contribution is 7.92. The first-order chi connectivity index (χ1) is 17.6. The third kappa shape index (κ3) is 5.19. The molecule has 2 aliphatic rings. The molecule has 1 aromatic heterocycles. The van der Waals surface area contributed by atoms with Crippen LogP contribution in [0.4, 0.5) is 14.5 Å². The Hall–Kier alpha value is -3.44. The number of halogens is 2. The number of benzene rings is 2. The quantitative estimate of drug-likeness (QED) is 0.456. The molecule has 2 heterocycles. The molecule has 2 aromatic carbocycles. The summed E-state index contributed by atoms with van der Waals surface area (Å²) in [6, 6.07) is 8.83. The second kappa shape index (κ2) is 9.46. The molecule has 3 aromatic rings. The van der Waals surface area contributed by atoms with E-state index in [2.05, 4.69) is 10.0 Å². The molecule has 0 radical (unpaired) electrons. The summed E-state index contributed by atoms with van der Waals surface area (Å²) in [5.41, 5.74) is 1.05. The first kappa shape index (κ1) is 25.2. The maximum Gasteiger partial charge on any atom is 0.254 e. The number of sulfonamides is 1. The van der Waals surface area contributed by atoms with Crippen molar-refractivity contribution in [2.45, 2.75) is 25.9 Å². The van der Waals surface area contributed by atoms with Gasteiger partial charge in [-0.05, 0) is 50.1 Å². The van der Waals surface area contributed by atoms with Gasteiger partial charge in [-0.3, -0.25) is 9.52 Å². The van der Waals surface area contributed by atoms with Crippen molar-refractivity contribution in [2.24, 2.45) is 12.5 Å². The fourth-order valence-electron chi connectivity index (χ4n) is 4.67. The van der Waals surface area contributed by atoms with Crippen molar-refractivity contribution < 1.29 is 26.7 Å². The fraction of sp³-hybridized carbons (Fsp3) is 0.346. The normalized spacial score (nSPS) is 16.6. The molecule has 37 heavy (non-hydrogen) atoms.